The fraction of sp³-hybridized carbons (Fsp3) is 0.333. The smallest absolute Gasteiger partial charge is 0.321 e. The third kappa shape index (κ3) is 3.11. The normalized spacial score (nSPS) is 14.8. The van der Waals surface area contributed by atoms with E-state index < -0.39 is 11.9 Å². The van der Waals surface area contributed by atoms with Gasteiger partial charge in [0.25, 0.3) is 5.91 Å². The zero-order chi connectivity index (χ0) is 14.0. The predicted octanol–water partition coefficient (Wildman–Crippen LogP) is 1.96. The zero-order valence-electron chi connectivity index (χ0n) is 10.1. The Morgan fingerprint density at radius 3 is 2.47 bits per heavy atom. The number of halogens is 3. The highest BCUT2D eigenvalue weighted by molar-refractivity contribution is 6.03. The van der Waals surface area contributed by atoms with Crippen LogP contribution in [0.5, 0.6) is 0 Å². The van der Waals surface area contributed by atoms with E-state index in [1.54, 1.807) is 6.92 Å². The lowest BCUT2D eigenvalue weighted by molar-refractivity contribution is -0.141. The molecule has 0 radical (unpaired) electrons. The van der Waals surface area contributed by atoms with Crippen LogP contribution in [-0.4, -0.2) is 24.0 Å². The van der Waals surface area contributed by atoms with E-state index in [0.717, 1.165) is 17.8 Å². The summed E-state index contributed by atoms with van der Waals surface area (Å²) in [6.07, 6.45) is -3.48. The third-order valence-electron chi connectivity index (χ3n) is 2.86. The first-order valence-electron chi connectivity index (χ1n) is 5.62. The van der Waals surface area contributed by atoms with Gasteiger partial charge in [0.05, 0.1) is 11.9 Å². The predicted molar refractivity (Wildman–Crippen MR) is 63.4 cm³/mol. The lowest BCUT2D eigenvalue weighted by atomic mass is 10.0. The molecule has 0 unspecified atom stereocenters. The molecule has 2 rings (SSSR count). The van der Waals surface area contributed by atoms with Crippen molar-refractivity contribution in [2.45, 2.75) is 13.1 Å². The van der Waals surface area contributed by atoms with Crippen LogP contribution in [0.15, 0.2) is 29.5 Å². The topological polar surface area (TPSA) is 54.0 Å². The van der Waals surface area contributed by atoms with Gasteiger partial charge in [0.2, 0.25) is 0 Å². The minimum atomic E-state index is -4.47. The number of hydrogen-bond acceptors (Lipinski definition) is 3. The summed E-state index contributed by atoms with van der Waals surface area (Å²) in [5.41, 5.74) is 0.838. The summed E-state index contributed by atoms with van der Waals surface area (Å²) in [7, 11) is 0. The van der Waals surface area contributed by atoms with Gasteiger partial charge in [-0.15, -0.1) is 0 Å². The molecule has 1 saturated heterocycles. The van der Waals surface area contributed by atoms with Crippen LogP contribution < -0.4 is 10.6 Å². The van der Waals surface area contributed by atoms with E-state index in [9.17, 15) is 18.0 Å². The first-order chi connectivity index (χ1) is 8.88. The van der Waals surface area contributed by atoms with Crippen LogP contribution in [0.3, 0.4) is 0 Å². The molecule has 102 valence electrons. The number of alkyl halides is 3. The van der Waals surface area contributed by atoms with Gasteiger partial charge in [0.15, 0.2) is 0 Å². The Kier molecular flexibility index (Phi) is 3.57. The van der Waals surface area contributed by atoms with Gasteiger partial charge >= 0.3 is 6.18 Å². The quantitative estimate of drug-likeness (QED) is 0.808. The number of aromatic nitrogens is 1. The van der Waals surface area contributed by atoms with Gasteiger partial charge in [-0.1, -0.05) is 0 Å². The second-order valence-corrected chi connectivity index (χ2v) is 4.22. The molecule has 2 N–H and O–H groups in total. The molecule has 0 atom stereocenters. The molecule has 1 aromatic heterocycles. The molecule has 0 bridgehead atoms. The number of pyridine rings is 1. The Morgan fingerprint density at radius 2 is 2.05 bits per heavy atom. The number of carbonyl (C=O) groups excluding carboxylic acids is 1. The SMILES string of the molecule is CC(C(=O)Nc1ccc(C(F)(F)F)nc1)=C1CNC1. The van der Waals surface area contributed by atoms with Crippen LogP contribution in [0, 0.1) is 0 Å². The molecule has 1 amide bonds. The third-order valence-corrected chi connectivity index (χ3v) is 2.86. The lowest BCUT2D eigenvalue weighted by Gasteiger charge is -2.21. The van der Waals surface area contributed by atoms with Crippen LogP contribution in [0.25, 0.3) is 0 Å². The van der Waals surface area contributed by atoms with E-state index in [2.05, 4.69) is 15.6 Å². The van der Waals surface area contributed by atoms with E-state index in [1.807, 2.05) is 0 Å². The first kappa shape index (κ1) is 13.5. The van der Waals surface area contributed by atoms with E-state index in [4.69, 9.17) is 0 Å². The monoisotopic (exact) mass is 271 g/mol. The Hall–Kier alpha value is -1.89. The fourth-order valence-electron chi connectivity index (χ4n) is 1.54. The molecule has 7 heteroatoms. The van der Waals surface area contributed by atoms with Gasteiger partial charge < -0.3 is 10.6 Å². The summed E-state index contributed by atoms with van der Waals surface area (Å²) in [6.45, 7) is 3.03. The molecule has 1 aliphatic heterocycles. The molecule has 2 heterocycles. The summed E-state index contributed by atoms with van der Waals surface area (Å²) >= 11 is 0. The van der Waals surface area contributed by atoms with Crippen molar-refractivity contribution in [2.75, 3.05) is 18.4 Å². The highest BCUT2D eigenvalue weighted by atomic mass is 19.4. The molecular weight excluding hydrogens is 259 g/mol. The number of anilines is 1. The summed E-state index contributed by atoms with van der Waals surface area (Å²) < 4.78 is 36.9. The number of rotatable bonds is 2. The highest BCUT2D eigenvalue weighted by Gasteiger charge is 2.32. The van der Waals surface area contributed by atoms with Gasteiger partial charge in [-0.05, 0) is 24.6 Å². The Labute approximate surface area is 107 Å². The molecule has 1 fully saturated rings. The van der Waals surface area contributed by atoms with Crippen molar-refractivity contribution in [3.63, 3.8) is 0 Å². The lowest BCUT2D eigenvalue weighted by Crippen LogP contribution is -2.36. The van der Waals surface area contributed by atoms with E-state index in [-0.39, 0.29) is 11.6 Å². The van der Waals surface area contributed by atoms with Crippen molar-refractivity contribution in [2.24, 2.45) is 0 Å². The van der Waals surface area contributed by atoms with E-state index in [0.29, 0.717) is 18.7 Å². The van der Waals surface area contributed by atoms with Crippen molar-refractivity contribution < 1.29 is 18.0 Å². The molecule has 1 aliphatic rings. The standard InChI is InChI=1S/C12H12F3N3O/c1-7(8-4-16-5-8)11(19)18-9-2-3-10(17-6-9)12(13,14)15/h2-3,6,16H,4-5H2,1H3,(H,18,19). The van der Waals surface area contributed by atoms with Crippen LogP contribution in [0.1, 0.15) is 12.6 Å². The second-order valence-electron chi connectivity index (χ2n) is 4.22. The Morgan fingerprint density at radius 1 is 1.37 bits per heavy atom. The average Bonchev–Trinajstić information content (AvgIpc) is 2.26. The Balaban J connectivity index is 2.06. The summed E-state index contributed by atoms with van der Waals surface area (Å²) in [5, 5.41) is 5.52. The molecule has 0 saturated carbocycles. The van der Waals surface area contributed by atoms with Gasteiger partial charge in [0.1, 0.15) is 5.69 Å². The number of hydrogen-bond donors (Lipinski definition) is 2. The van der Waals surface area contributed by atoms with Gasteiger partial charge in [-0.3, -0.25) is 4.79 Å². The molecule has 19 heavy (non-hydrogen) atoms. The number of amides is 1. The van der Waals surface area contributed by atoms with Gasteiger partial charge in [-0.2, -0.15) is 13.2 Å². The first-order valence-corrected chi connectivity index (χ1v) is 5.62. The number of nitrogens with zero attached hydrogens (tertiary/aromatic N) is 1. The zero-order valence-corrected chi connectivity index (χ0v) is 10.1. The molecule has 0 aliphatic carbocycles. The molecule has 0 aromatic carbocycles. The van der Waals surface area contributed by atoms with Crippen molar-refractivity contribution >= 4 is 11.6 Å². The summed E-state index contributed by atoms with van der Waals surface area (Å²) in [6, 6.07) is 2.02. The minimum absolute atomic E-state index is 0.241. The van der Waals surface area contributed by atoms with Crippen LogP contribution in [-0.2, 0) is 11.0 Å². The van der Waals surface area contributed by atoms with Crippen LogP contribution >= 0.6 is 0 Å². The average molecular weight is 271 g/mol. The second kappa shape index (κ2) is 5.00. The van der Waals surface area contributed by atoms with Gasteiger partial charge in [0, 0.05) is 18.7 Å². The largest absolute Gasteiger partial charge is 0.433 e. The van der Waals surface area contributed by atoms with Crippen LogP contribution in [0.2, 0.25) is 0 Å². The van der Waals surface area contributed by atoms with E-state index >= 15 is 0 Å². The Bertz CT molecular complexity index is 514. The number of carbonyl (C=O) groups is 1. The van der Waals surface area contributed by atoms with Crippen molar-refractivity contribution in [3.05, 3.63) is 35.2 Å². The highest BCUT2D eigenvalue weighted by Crippen LogP contribution is 2.27. The van der Waals surface area contributed by atoms with E-state index in [1.165, 1.54) is 6.07 Å². The van der Waals surface area contributed by atoms with Crippen LogP contribution in [0.4, 0.5) is 18.9 Å². The molecule has 4 nitrogen and oxygen atoms in total. The maximum atomic E-state index is 12.3. The molecule has 1 aromatic rings. The van der Waals surface area contributed by atoms with Crippen molar-refractivity contribution in [1.29, 1.82) is 0 Å². The number of nitrogens with one attached hydrogen (secondary N) is 2. The van der Waals surface area contributed by atoms with Gasteiger partial charge in [-0.25, -0.2) is 4.98 Å². The fourth-order valence-corrected chi connectivity index (χ4v) is 1.54. The van der Waals surface area contributed by atoms with Crippen molar-refractivity contribution in [3.8, 4) is 0 Å². The van der Waals surface area contributed by atoms with Crippen molar-refractivity contribution in [1.82, 2.24) is 10.3 Å². The summed E-state index contributed by atoms with van der Waals surface area (Å²) in [4.78, 5) is 15.1. The summed E-state index contributed by atoms with van der Waals surface area (Å²) in [5.74, 6) is -0.321. The maximum absolute atomic E-state index is 12.3. The molecular formula is C12H12F3N3O. The maximum Gasteiger partial charge on any atom is 0.433 e. The molecule has 0 spiro atoms. The minimum Gasteiger partial charge on any atom is -0.321 e.